The molecule has 0 radical (unpaired) electrons. The Labute approximate surface area is 76.0 Å². The van der Waals surface area contributed by atoms with Crippen LogP contribution in [0.2, 0.25) is 0 Å². The van der Waals surface area contributed by atoms with Crippen molar-refractivity contribution in [1.82, 2.24) is 9.97 Å². The van der Waals surface area contributed by atoms with E-state index in [2.05, 4.69) is 9.97 Å². The first kappa shape index (κ1) is 8.44. The van der Waals surface area contributed by atoms with Gasteiger partial charge in [0.2, 0.25) is 0 Å². The number of aromatic amines is 1. The Kier molecular flexibility index (Phi) is 2.40. The zero-order valence-corrected chi connectivity index (χ0v) is 7.32. The van der Waals surface area contributed by atoms with Crippen molar-refractivity contribution in [3.05, 3.63) is 28.4 Å². The Morgan fingerprint density at radius 1 is 1.46 bits per heavy atom. The van der Waals surface area contributed by atoms with E-state index in [1.165, 1.54) is 0 Å². The van der Waals surface area contributed by atoms with Crippen molar-refractivity contribution >= 4 is 0 Å². The molecule has 4 nitrogen and oxygen atoms in total. The van der Waals surface area contributed by atoms with Crippen LogP contribution in [-0.4, -0.2) is 23.2 Å². The van der Waals surface area contributed by atoms with Gasteiger partial charge in [0.15, 0.2) is 0 Å². The Bertz CT molecular complexity index is 308. The molecule has 4 heteroatoms. The second-order valence-electron chi connectivity index (χ2n) is 3.24. The van der Waals surface area contributed by atoms with Crippen molar-refractivity contribution in [3.63, 3.8) is 0 Å². The molecule has 1 fully saturated rings. The molecule has 2 rings (SSSR count). The molecule has 1 N–H and O–H groups in total. The monoisotopic (exact) mass is 180 g/mol. The topological polar surface area (TPSA) is 55.0 Å². The lowest BCUT2D eigenvalue weighted by molar-refractivity contribution is 0.0852. The van der Waals surface area contributed by atoms with E-state index in [4.69, 9.17) is 4.74 Å². The van der Waals surface area contributed by atoms with Crippen LogP contribution in [-0.2, 0) is 4.74 Å². The van der Waals surface area contributed by atoms with Gasteiger partial charge in [-0.2, -0.15) is 0 Å². The standard InChI is InChI=1S/C9H12N2O2/c12-9-10-5-8(6-11-9)7-1-3-13-4-2-7/h5-7H,1-4H2,(H,10,11,12). The fourth-order valence-electron chi connectivity index (χ4n) is 1.61. The van der Waals surface area contributed by atoms with Gasteiger partial charge in [-0.25, -0.2) is 9.78 Å². The predicted molar refractivity (Wildman–Crippen MR) is 47.7 cm³/mol. The summed E-state index contributed by atoms with van der Waals surface area (Å²) in [6, 6.07) is 0. The molecule has 13 heavy (non-hydrogen) atoms. The maximum Gasteiger partial charge on any atom is 0.344 e. The van der Waals surface area contributed by atoms with Crippen molar-refractivity contribution in [2.75, 3.05) is 13.2 Å². The molecule has 2 heterocycles. The lowest BCUT2D eigenvalue weighted by atomic mass is 9.94. The SMILES string of the molecule is O=c1ncc(C2CCOCC2)c[nH]1. The highest BCUT2D eigenvalue weighted by Crippen LogP contribution is 2.24. The number of hydrogen-bond donors (Lipinski definition) is 1. The Morgan fingerprint density at radius 2 is 2.23 bits per heavy atom. The number of nitrogens with zero attached hydrogens (tertiary/aromatic N) is 1. The largest absolute Gasteiger partial charge is 0.381 e. The normalized spacial score (nSPS) is 18.8. The Balaban J connectivity index is 2.14. The average molecular weight is 180 g/mol. The van der Waals surface area contributed by atoms with Gasteiger partial charge in [-0.3, -0.25) is 0 Å². The molecule has 0 bridgehead atoms. The van der Waals surface area contributed by atoms with Crippen LogP contribution in [0, 0.1) is 0 Å². The van der Waals surface area contributed by atoms with Gasteiger partial charge in [0.1, 0.15) is 0 Å². The molecule has 1 aromatic heterocycles. The number of ether oxygens (including phenoxy) is 1. The first-order chi connectivity index (χ1) is 6.36. The van der Waals surface area contributed by atoms with Crippen molar-refractivity contribution in [1.29, 1.82) is 0 Å². The highest BCUT2D eigenvalue weighted by Gasteiger charge is 2.15. The lowest BCUT2D eigenvalue weighted by Gasteiger charge is -2.21. The first-order valence-corrected chi connectivity index (χ1v) is 4.48. The van der Waals surface area contributed by atoms with E-state index in [0.717, 1.165) is 31.6 Å². The van der Waals surface area contributed by atoms with Crippen LogP contribution in [0.1, 0.15) is 24.3 Å². The van der Waals surface area contributed by atoms with E-state index in [-0.39, 0.29) is 5.69 Å². The maximum atomic E-state index is 10.7. The fraction of sp³-hybridized carbons (Fsp3) is 0.556. The third-order valence-electron chi connectivity index (χ3n) is 2.39. The number of aromatic nitrogens is 2. The van der Waals surface area contributed by atoms with E-state index in [1.807, 2.05) is 0 Å². The first-order valence-electron chi connectivity index (χ1n) is 4.48. The highest BCUT2D eigenvalue weighted by molar-refractivity contribution is 5.10. The third kappa shape index (κ3) is 1.95. The van der Waals surface area contributed by atoms with Crippen molar-refractivity contribution in [2.24, 2.45) is 0 Å². The van der Waals surface area contributed by atoms with Crippen LogP contribution in [0.4, 0.5) is 0 Å². The minimum Gasteiger partial charge on any atom is -0.381 e. The molecule has 70 valence electrons. The molecule has 0 spiro atoms. The van der Waals surface area contributed by atoms with E-state index >= 15 is 0 Å². The molecule has 0 amide bonds. The van der Waals surface area contributed by atoms with Gasteiger partial charge in [0.05, 0.1) is 0 Å². The summed E-state index contributed by atoms with van der Waals surface area (Å²) in [5.74, 6) is 0.498. The number of hydrogen-bond acceptors (Lipinski definition) is 3. The summed E-state index contributed by atoms with van der Waals surface area (Å²) < 4.78 is 5.25. The third-order valence-corrected chi connectivity index (χ3v) is 2.39. The van der Waals surface area contributed by atoms with Crippen LogP contribution in [0.15, 0.2) is 17.2 Å². The molecular weight excluding hydrogens is 168 g/mol. The average Bonchev–Trinajstić information content (AvgIpc) is 2.20. The quantitative estimate of drug-likeness (QED) is 0.690. The molecule has 0 aromatic carbocycles. The van der Waals surface area contributed by atoms with Gasteiger partial charge in [0, 0.05) is 25.6 Å². The summed E-state index contributed by atoms with van der Waals surface area (Å²) in [5.41, 5.74) is 0.832. The van der Waals surface area contributed by atoms with Crippen LogP contribution in [0.3, 0.4) is 0 Å². The van der Waals surface area contributed by atoms with Crippen LogP contribution in [0.5, 0.6) is 0 Å². The number of rotatable bonds is 1. The van der Waals surface area contributed by atoms with Gasteiger partial charge in [0.25, 0.3) is 0 Å². The molecule has 0 saturated carbocycles. The van der Waals surface area contributed by atoms with Gasteiger partial charge in [-0.1, -0.05) is 0 Å². The van der Waals surface area contributed by atoms with Gasteiger partial charge >= 0.3 is 5.69 Å². The second kappa shape index (κ2) is 3.70. The Hall–Kier alpha value is -1.16. The molecule has 1 aromatic rings. The van der Waals surface area contributed by atoms with E-state index in [9.17, 15) is 4.79 Å². The van der Waals surface area contributed by atoms with Gasteiger partial charge in [-0.05, 0) is 24.3 Å². The second-order valence-corrected chi connectivity index (χ2v) is 3.24. The summed E-state index contributed by atoms with van der Waals surface area (Å²) in [4.78, 5) is 17.0. The molecule has 0 unspecified atom stereocenters. The predicted octanol–water partition coefficient (Wildman–Crippen LogP) is 0.664. The lowest BCUT2D eigenvalue weighted by Crippen LogP contribution is -2.17. The zero-order chi connectivity index (χ0) is 9.10. The van der Waals surface area contributed by atoms with Crippen LogP contribution in [0.25, 0.3) is 0 Å². The molecule has 1 aliphatic heterocycles. The molecule has 1 saturated heterocycles. The van der Waals surface area contributed by atoms with E-state index in [1.54, 1.807) is 12.4 Å². The summed E-state index contributed by atoms with van der Waals surface area (Å²) in [5, 5.41) is 0. The summed E-state index contributed by atoms with van der Waals surface area (Å²) in [6.07, 6.45) is 5.46. The molecule has 1 aliphatic rings. The number of nitrogens with one attached hydrogen (secondary N) is 1. The van der Waals surface area contributed by atoms with Crippen LogP contribution < -0.4 is 5.69 Å². The van der Waals surface area contributed by atoms with Gasteiger partial charge in [-0.15, -0.1) is 0 Å². The number of H-pyrrole nitrogens is 1. The smallest absolute Gasteiger partial charge is 0.344 e. The Morgan fingerprint density at radius 3 is 2.85 bits per heavy atom. The van der Waals surface area contributed by atoms with Crippen molar-refractivity contribution in [2.45, 2.75) is 18.8 Å². The van der Waals surface area contributed by atoms with Gasteiger partial charge < -0.3 is 9.72 Å². The van der Waals surface area contributed by atoms with Crippen molar-refractivity contribution < 1.29 is 4.74 Å². The summed E-state index contributed by atoms with van der Waals surface area (Å²) >= 11 is 0. The fourth-order valence-corrected chi connectivity index (χ4v) is 1.61. The molecule has 0 aliphatic carbocycles. The van der Waals surface area contributed by atoms with Crippen LogP contribution >= 0.6 is 0 Å². The summed E-state index contributed by atoms with van der Waals surface area (Å²) in [6.45, 7) is 1.62. The minimum absolute atomic E-state index is 0.282. The minimum atomic E-state index is -0.282. The zero-order valence-electron chi connectivity index (χ0n) is 7.32. The van der Waals surface area contributed by atoms with E-state index in [0.29, 0.717) is 5.92 Å². The summed E-state index contributed by atoms with van der Waals surface area (Å²) in [7, 11) is 0. The van der Waals surface area contributed by atoms with E-state index < -0.39 is 0 Å². The maximum absolute atomic E-state index is 10.7. The van der Waals surface area contributed by atoms with Crippen molar-refractivity contribution in [3.8, 4) is 0 Å². The highest BCUT2D eigenvalue weighted by atomic mass is 16.5. The molecule has 0 atom stereocenters. The molecular formula is C9H12N2O2.